The molecular weight excluding hydrogens is 366 g/mol. The number of rotatable bonds is 4. The van der Waals surface area contributed by atoms with Crippen LogP contribution < -0.4 is 9.80 Å². The average molecular weight is 393 g/mol. The highest BCUT2D eigenvalue weighted by molar-refractivity contribution is 7.14. The molecule has 4 rings (SSSR count). The lowest BCUT2D eigenvalue weighted by Crippen LogP contribution is -3.10. The van der Waals surface area contributed by atoms with E-state index in [1.165, 1.54) is 21.6 Å². The fourth-order valence-electron chi connectivity index (χ4n) is 3.99. The Morgan fingerprint density at radius 3 is 2.71 bits per heavy atom. The molecule has 144 valence electrons. The molecule has 0 saturated heterocycles. The molecule has 0 saturated carbocycles. The lowest BCUT2D eigenvalue weighted by atomic mass is 10.00. The Bertz CT molecular complexity index is 1010. The van der Waals surface area contributed by atoms with E-state index in [0.717, 1.165) is 48.1 Å². The van der Waals surface area contributed by atoms with Gasteiger partial charge in [0.1, 0.15) is 18.8 Å². The van der Waals surface area contributed by atoms with Gasteiger partial charge >= 0.3 is 0 Å². The average Bonchev–Trinajstić information content (AvgIpc) is 3.11. The third kappa shape index (κ3) is 3.86. The standard InChI is InChI=1S/C23H25N3OS/c1-16-8-9-22(17(2)12-16)26(18(3)27)23-24-21(15-28-23)14-25-11-10-19-6-4-5-7-20(19)13-25/h4-9,12,15H,10-11,13-14H2,1-3H3/p+1. The molecule has 1 N–H and O–H groups in total. The van der Waals surface area contributed by atoms with Crippen molar-refractivity contribution in [3.63, 3.8) is 0 Å². The monoisotopic (exact) mass is 392 g/mol. The van der Waals surface area contributed by atoms with Crippen molar-refractivity contribution in [2.45, 2.75) is 40.3 Å². The van der Waals surface area contributed by atoms with E-state index < -0.39 is 0 Å². The second kappa shape index (κ2) is 7.86. The second-order valence-electron chi connectivity index (χ2n) is 7.64. The molecule has 0 spiro atoms. The van der Waals surface area contributed by atoms with Gasteiger partial charge in [0.2, 0.25) is 5.91 Å². The second-order valence-corrected chi connectivity index (χ2v) is 8.47. The first-order valence-electron chi connectivity index (χ1n) is 9.74. The third-order valence-electron chi connectivity index (χ3n) is 5.38. The highest BCUT2D eigenvalue weighted by atomic mass is 32.1. The van der Waals surface area contributed by atoms with Gasteiger partial charge in [0, 0.05) is 24.3 Å². The fourth-order valence-corrected chi connectivity index (χ4v) is 4.87. The summed E-state index contributed by atoms with van der Waals surface area (Å²) < 4.78 is 0. The molecule has 1 aliphatic heterocycles. The van der Waals surface area contributed by atoms with Crippen molar-refractivity contribution >= 4 is 28.1 Å². The van der Waals surface area contributed by atoms with Crippen LogP contribution in [0.25, 0.3) is 0 Å². The minimum Gasteiger partial charge on any atom is -0.326 e. The molecule has 1 amide bonds. The van der Waals surface area contributed by atoms with Crippen LogP contribution in [0.3, 0.4) is 0 Å². The number of anilines is 2. The van der Waals surface area contributed by atoms with Crippen LogP contribution in [-0.4, -0.2) is 17.4 Å². The third-order valence-corrected chi connectivity index (χ3v) is 6.25. The summed E-state index contributed by atoms with van der Waals surface area (Å²) >= 11 is 1.55. The van der Waals surface area contributed by atoms with Gasteiger partial charge in [-0.15, -0.1) is 11.3 Å². The first-order valence-corrected chi connectivity index (χ1v) is 10.6. The van der Waals surface area contributed by atoms with Gasteiger partial charge in [0.05, 0.1) is 12.2 Å². The Hall–Kier alpha value is -2.50. The van der Waals surface area contributed by atoms with Crippen LogP contribution in [0.1, 0.15) is 34.9 Å². The van der Waals surface area contributed by atoms with E-state index in [-0.39, 0.29) is 5.91 Å². The van der Waals surface area contributed by atoms with Crippen LogP contribution in [0.15, 0.2) is 47.8 Å². The van der Waals surface area contributed by atoms with Crippen molar-refractivity contribution < 1.29 is 9.69 Å². The predicted molar refractivity (Wildman–Crippen MR) is 114 cm³/mol. The predicted octanol–water partition coefficient (Wildman–Crippen LogP) is 3.59. The van der Waals surface area contributed by atoms with Crippen LogP contribution in [0.4, 0.5) is 10.8 Å². The zero-order valence-electron chi connectivity index (χ0n) is 16.7. The summed E-state index contributed by atoms with van der Waals surface area (Å²) in [5.41, 5.74) is 7.18. The van der Waals surface area contributed by atoms with E-state index in [1.54, 1.807) is 23.2 Å². The highest BCUT2D eigenvalue weighted by Gasteiger charge is 2.23. The molecule has 28 heavy (non-hydrogen) atoms. The van der Waals surface area contributed by atoms with Crippen LogP contribution in [0, 0.1) is 13.8 Å². The largest absolute Gasteiger partial charge is 0.326 e. The topological polar surface area (TPSA) is 37.6 Å². The van der Waals surface area contributed by atoms with Gasteiger partial charge in [-0.3, -0.25) is 9.69 Å². The van der Waals surface area contributed by atoms with Crippen molar-refractivity contribution in [2.75, 3.05) is 11.4 Å². The fraction of sp³-hybridized carbons (Fsp3) is 0.304. The minimum absolute atomic E-state index is 0.00731. The minimum atomic E-state index is -0.00731. The molecule has 2 aromatic carbocycles. The number of aryl methyl sites for hydroxylation is 2. The van der Waals surface area contributed by atoms with Crippen molar-refractivity contribution in [2.24, 2.45) is 0 Å². The number of amides is 1. The van der Waals surface area contributed by atoms with Gasteiger partial charge in [-0.2, -0.15) is 0 Å². The first-order chi connectivity index (χ1) is 13.5. The van der Waals surface area contributed by atoms with Crippen molar-refractivity contribution in [3.8, 4) is 0 Å². The van der Waals surface area contributed by atoms with E-state index in [9.17, 15) is 4.79 Å². The van der Waals surface area contributed by atoms with Crippen LogP contribution in [0.5, 0.6) is 0 Å². The first kappa shape index (κ1) is 18.8. The van der Waals surface area contributed by atoms with Gasteiger partial charge in [0.25, 0.3) is 0 Å². The molecule has 3 aromatic rings. The van der Waals surface area contributed by atoms with E-state index in [0.29, 0.717) is 0 Å². The van der Waals surface area contributed by atoms with Crippen LogP contribution in [-0.2, 0) is 24.3 Å². The smallest absolute Gasteiger partial charge is 0.230 e. The van der Waals surface area contributed by atoms with Crippen molar-refractivity contribution in [1.29, 1.82) is 0 Å². The maximum absolute atomic E-state index is 12.4. The molecule has 0 bridgehead atoms. The molecule has 5 heteroatoms. The maximum atomic E-state index is 12.4. The number of carbonyl (C=O) groups excluding carboxylic acids is 1. The lowest BCUT2D eigenvalue weighted by Gasteiger charge is -2.25. The number of carbonyl (C=O) groups is 1. The molecular formula is C23H26N3OS+. The molecule has 0 aliphatic carbocycles. The summed E-state index contributed by atoms with van der Waals surface area (Å²) in [6.07, 6.45) is 1.12. The Balaban J connectivity index is 1.54. The zero-order chi connectivity index (χ0) is 19.7. The molecule has 1 aliphatic rings. The van der Waals surface area contributed by atoms with Gasteiger partial charge in [0.15, 0.2) is 5.13 Å². The number of fused-ring (bicyclic) bond motifs is 1. The number of hydrogen-bond donors (Lipinski definition) is 1. The van der Waals surface area contributed by atoms with Crippen molar-refractivity contribution in [1.82, 2.24) is 4.98 Å². The van der Waals surface area contributed by atoms with Gasteiger partial charge in [-0.05, 0) is 31.0 Å². The van der Waals surface area contributed by atoms with Crippen molar-refractivity contribution in [3.05, 3.63) is 75.8 Å². The van der Waals surface area contributed by atoms with E-state index in [1.807, 2.05) is 19.1 Å². The van der Waals surface area contributed by atoms with E-state index in [2.05, 4.69) is 42.6 Å². The van der Waals surface area contributed by atoms with Gasteiger partial charge < -0.3 is 4.90 Å². The maximum Gasteiger partial charge on any atom is 0.230 e. The summed E-state index contributed by atoms with van der Waals surface area (Å²) in [6.45, 7) is 8.77. The molecule has 1 aromatic heterocycles. The number of nitrogens with one attached hydrogen (secondary N) is 1. The molecule has 0 fully saturated rings. The molecule has 4 nitrogen and oxygen atoms in total. The number of benzene rings is 2. The Morgan fingerprint density at radius 2 is 1.96 bits per heavy atom. The normalized spacial score (nSPS) is 15.9. The molecule has 1 unspecified atom stereocenters. The summed E-state index contributed by atoms with van der Waals surface area (Å²) in [5.74, 6) is -0.00731. The Labute approximate surface area is 170 Å². The zero-order valence-corrected chi connectivity index (χ0v) is 17.5. The number of thiazole rings is 1. The number of quaternary nitrogens is 1. The highest BCUT2D eigenvalue weighted by Crippen LogP contribution is 2.31. The molecule has 1 atom stereocenters. The summed E-state index contributed by atoms with van der Waals surface area (Å²) in [4.78, 5) is 20.5. The van der Waals surface area contributed by atoms with E-state index >= 15 is 0 Å². The summed E-state index contributed by atoms with van der Waals surface area (Å²) in [7, 11) is 0. The summed E-state index contributed by atoms with van der Waals surface area (Å²) in [5, 5.41) is 2.86. The number of hydrogen-bond acceptors (Lipinski definition) is 3. The SMILES string of the molecule is CC(=O)N(c1nc(C[NH+]2CCc3ccccc3C2)cs1)c1ccc(C)cc1C. The Morgan fingerprint density at radius 1 is 1.18 bits per heavy atom. The van der Waals surface area contributed by atoms with Gasteiger partial charge in [-0.25, -0.2) is 4.98 Å². The summed E-state index contributed by atoms with van der Waals surface area (Å²) in [6, 6.07) is 14.9. The van der Waals surface area contributed by atoms with Gasteiger partial charge in [-0.1, -0.05) is 42.0 Å². The number of aromatic nitrogens is 1. The Kier molecular flexibility index (Phi) is 5.29. The lowest BCUT2D eigenvalue weighted by molar-refractivity contribution is -0.929. The van der Waals surface area contributed by atoms with E-state index in [4.69, 9.17) is 4.98 Å². The number of nitrogens with zero attached hydrogens (tertiary/aromatic N) is 2. The van der Waals surface area contributed by atoms with Crippen LogP contribution >= 0.6 is 11.3 Å². The molecule has 2 heterocycles. The van der Waals surface area contributed by atoms with Crippen LogP contribution in [0.2, 0.25) is 0 Å². The molecule has 0 radical (unpaired) electrons. The quantitative estimate of drug-likeness (QED) is 0.737.